The van der Waals surface area contributed by atoms with Gasteiger partial charge in [-0.1, -0.05) is 0 Å². The van der Waals surface area contributed by atoms with E-state index in [-0.39, 0.29) is 12.4 Å². The lowest BCUT2D eigenvalue weighted by molar-refractivity contribution is 0.145. The molecule has 0 fully saturated rings. The molecule has 2 N–H and O–H groups in total. The first kappa shape index (κ1) is 15.5. The van der Waals surface area contributed by atoms with Gasteiger partial charge in [0.1, 0.15) is 0 Å². The lowest BCUT2D eigenvalue weighted by Crippen LogP contribution is -2.35. The van der Waals surface area contributed by atoms with Crippen LogP contribution in [0.5, 0.6) is 0 Å². The van der Waals surface area contributed by atoms with Crippen molar-refractivity contribution < 1.29 is 9.90 Å². The largest absolute Gasteiger partial charge is 0.465 e. The fourth-order valence-electron chi connectivity index (χ4n) is 0.922. The molecule has 0 aliphatic carbocycles. The molecule has 0 aliphatic heterocycles. The van der Waals surface area contributed by atoms with Crippen molar-refractivity contribution in [2.24, 2.45) is 0 Å². The van der Waals surface area contributed by atoms with Gasteiger partial charge < -0.3 is 15.3 Å². The third-order valence-electron chi connectivity index (χ3n) is 1.65. The molecule has 0 aromatic heterocycles. The van der Waals surface area contributed by atoms with Crippen LogP contribution in [0.1, 0.15) is 12.8 Å². The van der Waals surface area contributed by atoms with Crippen LogP contribution in [0.3, 0.4) is 0 Å². The van der Waals surface area contributed by atoms with Crippen LogP contribution in [0.4, 0.5) is 4.79 Å². The van der Waals surface area contributed by atoms with Gasteiger partial charge in [-0.3, -0.25) is 0 Å². The highest BCUT2D eigenvalue weighted by Crippen LogP contribution is 1.94. The van der Waals surface area contributed by atoms with Crippen LogP contribution in [0.25, 0.3) is 0 Å². The Labute approximate surface area is 91.1 Å². The second-order valence-corrected chi connectivity index (χ2v) is 2.68. The Balaban J connectivity index is 0. The van der Waals surface area contributed by atoms with Crippen molar-refractivity contribution in [2.45, 2.75) is 12.8 Å². The standard InChI is InChI=1S/C9H16N2O2.ClH/c1-3-4-5-7-11(9(12)13)8-6-10-2;/h1,10H,4-8H2,2H3,(H,12,13);1H. The minimum atomic E-state index is -0.882. The third-order valence-corrected chi connectivity index (χ3v) is 1.65. The molecule has 0 unspecified atom stereocenters. The summed E-state index contributed by atoms with van der Waals surface area (Å²) in [6.45, 7) is 1.69. The van der Waals surface area contributed by atoms with Crippen molar-refractivity contribution in [2.75, 3.05) is 26.7 Å². The van der Waals surface area contributed by atoms with Crippen LogP contribution >= 0.6 is 12.4 Å². The molecule has 0 aromatic carbocycles. The lowest BCUT2D eigenvalue weighted by atomic mass is 10.3. The molecule has 14 heavy (non-hydrogen) atoms. The SMILES string of the molecule is C#CCCCN(CCNC)C(=O)O.Cl. The van der Waals surface area contributed by atoms with Gasteiger partial charge >= 0.3 is 6.09 Å². The Morgan fingerprint density at radius 2 is 2.21 bits per heavy atom. The molecule has 0 aromatic rings. The van der Waals surface area contributed by atoms with Crippen LogP contribution < -0.4 is 5.32 Å². The number of likely N-dealkylation sites (N-methyl/N-ethyl adjacent to an activating group) is 1. The van der Waals surface area contributed by atoms with Gasteiger partial charge in [0.2, 0.25) is 0 Å². The maximum atomic E-state index is 10.6. The van der Waals surface area contributed by atoms with E-state index in [1.165, 1.54) is 4.90 Å². The van der Waals surface area contributed by atoms with Crippen LogP contribution in [0.15, 0.2) is 0 Å². The number of carboxylic acid groups (broad SMARTS) is 1. The molecular formula is C9H17ClN2O2. The van der Waals surface area contributed by atoms with Gasteiger partial charge in [-0.05, 0) is 13.5 Å². The predicted molar refractivity (Wildman–Crippen MR) is 58.8 cm³/mol. The van der Waals surface area contributed by atoms with Gasteiger partial charge in [0.25, 0.3) is 0 Å². The van der Waals surface area contributed by atoms with Crippen molar-refractivity contribution in [3.05, 3.63) is 0 Å². The molecule has 0 bridgehead atoms. The monoisotopic (exact) mass is 220 g/mol. The maximum absolute atomic E-state index is 10.6. The van der Waals surface area contributed by atoms with Gasteiger partial charge in [0.05, 0.1) is 0 Å². The van der Waals surface area contributed by atoms with Crippen molar-refractivity contribution in [3.8, 4) is 12.3 Å². The molecular weight excluding hydrogens is 204 g/mol. The molecule has 0 rings (SSSR count). The predicted octanol–water partition coefficient (Wildman–Crippen LogP) is 1.02. The number of amides is 1. The minimum absolute atomic E-state index is 0. The van der Waals surface area contributed by atoms with Crippen molar-refractivity contribution >= 4 is 18.5 Å². The third kappa shape index (κ3) is 7.71. The average Bonchev–Trinajstić information content (AvgIpc) is 2.10. The van der Waals surface area contributed by atoms with Gasteiger partial charge in [-0.15, -0.1) is 24.8 Å². The van der Waals surface area contributed by atoms with Crippen molar-refractivity contribution in [1.82, 2.24) is 10.2 Å². The molecule has 0 spiro atoms. The molecule has 1 amide bonds. The Morgan fingerprint density at radius 1 is 1.57 bits per heavy atom. The summed E-state index contributed by atoms with van der Waals surface area (Å²) in [5, 5.41) is 11.6. The number of nitrogens with one attached hydrogen (secondary N) is 1. The fraction of sp³-hybridized carbons (Fsp3) is 0.667. The van der Waals surface area contributed by atoms with Crippen LogP contribution in [0, 0.1) is 12.3 Å². The molecule has 0 heterocycles. The number of nitrogens with zero attached hydrogens (tertiary/aromatic N) is 1. The van der Waals surface area contributed by atoms with E-state index >= 15 is 0 Å². The maximum Gasteiger partial charge on any atom is 0.407 e. The molecule has 0 saturated heterocycles. The van der Waals surface area contributed by atoms with E-state index in [1.54, 1.807) is 7.05 Å². The molecule has 5 heteroatoms. The molecule has 0 aliphatic rings. The van der Waals surface area contributed by atoms with E-state index in [2.05, 4.69) is 11.2 Å². The van der Waals surface area contributed by atoms with E-state index in [0.717, 1.165) is 6.42 Å². The molecule has 0 atom stereocenters. The summed E-state index contributed by atoms with van der Waals surface area (Å²) in [6, 6.07) is 0. The zero-order chi connectivity index (χ0) is 10.1. The summed E-state index contributed by atoms with van der Waals surface area (Å²) >= 11 is 0. The number of unbranched alkanes of at least 4 members (excludes halogenated alkanes) is 1. The second kappa shape index (κ2) is 10.2. The molecule has 4 nitrogen and oxygen atoms in total. The Kier molecular flexibility index (Phi) is 11.3. The Morgan fingerprint density at radius 3 is 2.64 bits per heavy atom. The normalized spacial score (nSPS) is 8.57. The number of hydrogen-bond acceptors (Lipinski definition) is 2. The summed E-state index contributed by atoms with van der Waals surface area (Å²) in [5.41, 5.74) is 0. The van der Waals surface area contributed by atoms with Crippen molar-refractivity contribution in [3.63, 3.8) is 0 Å². The van der Waals surface area contributed by atoms with E-state index in [9.17, 15) is 4.79 Å². The van der Waals surface area contributed by atoms with Gasteiger partial charge in [-0.2, -0.15) is 0 Å². The first-order valence-electron chi connectivity index (χ1n) is 4.28. The highest BCUT2D eigenvalue weighted by atomic mass is 35.5. The Hall–Kier alpha value is -0.920. The number of rotatable bonds is 6. The number of terminal acetylenes is 1. The molecule has 82 valence electrons. The topological polar surface area (TPSA) is 52.6 Å². The van der Waals surface area contributed by atoms with E-state index in [4.69, 9.17) is 11.5 Å². The van der Waals surface area contributed by atoms with Gasteiger partial charge in [0, 0.05) is 26.1 Å². The smallest absolute Gasteiger partial charge is 0.407 e. The quantitative estimate of drug-likeness (QED) is 0.519. The minimum Gasteiger partial charge on any atom is -0.465 e. The van der Waals surface area contributed by atoms with Crippen LogP contribution in [-0.4, -0.2) is 42.8 Å². The van der Waals surface area contributed by atoms with E-state index in [0.29, 0.717) is 26.1 Å². The molecule has 0 radical (unpaired) electrons. The average molecular weight is 221 g/mol. The zero-order valence-electron chi connectivity index (χ0n) is 8.32. The van der Waals surface area contributed by atoms with Crippen LogP contribution in [-0.2, 0) is 0 Å². The van der Waals surface area contributed by atoms with E-state index in [1.807, 2.05) is 0 Å². The van der Waals surface area contributed by atoms with Crippen molar-refractivity contribution in [1.29, 1.82) is 0 Å². The first-order valence-corrected chi connectivity index (χ1v) is 4.28. The summed E-state index contributed by atoms with van der Waals surface area (Å²) in [6.07, 6.45) is 5.54. The van der Waals surface area contributed by atoms with Gasteiger partial charge in [0.15, 0.2) is 0 Å². The summed E-state index contributed by atoms with van der Waals surface area (Å²) in [7, 11) is 1.79. The highest BCUT2D eigenvalue weighted by Gasteiger charge is 2.08. The fourth-order valence-corrected chi connectivity index (χ4v) is 0.922. The second-order valence-electron chi connectivity index (χ2n) is 2.68. The zero-order valence-corrected chi connectivity index (χ0v) is 9.14. The lowest BCUT2D eigenvalue weighted by Gasteiger charge is -2.17. The first-order chi connectivity index (χ1) is 6.22. The summed E-state index contributed by atoms with van der Waals surface area (Å²) < 4.78 is 0. The number of carbonyl (C=O) groups is 1. The molecule has 0 saturated carbocycles. The van der Waals surface area contributed by atoms with E-state index < -0.39 is 6.09 Å². The number of halogens is 1. The number of hydrogen-bond donors (Lipinski definition) is 2. The van der Waals surface area contributed by atoms with Crippen LogP contribution in [0.2, 0.25) is 0 Å². The highest BCUT2D eigenvalue weighted by molar-refractivity contribution is 5.85. The Bertz CT molecular complexity index is 192. The summed E-state index contributed by atoms with van der Waals surface area (Å²) in [5.74, 6) is 2.48. The van der Waals surface area contributed by atoms with Gasteiger partial charge in [-0.25, -0.2) is 4.79 Å². The summed E-state index contributed by atoms with van der Waals surface area (Å²) in [4.78, 5) is 12.0.